The third-order valence-corrected chi connectivity index (χ3v) is 4.93. The second-order valence-corrected chi connectivity index (χ2v) is 6.24. The highest BCUT2D eigenvalue weighted by Gasteiger charge is 2.37. The van der Waals surface area contributed by atoms with Crippen LogP contribution in [0.15, 0.2) is 24.4 Å². The van der Waals surface area contributed by atoms with Crippen molar-refractivity contribution in [2.45, 2.75) is 31.7 Å². The van der Waals surface area contributed by atoms with Gasteiger partial charge in [-0.05, 0) is 43.0 Å². The van der Waals surface area contributed by atoms with E-state index in [1.165, 1.54) is 35.9 Å². The van der Waals surface area contributed by atoms with Crippen LogP contribution in [0.3, 0.4) is 0 Å². The Morgan fingerprint density at radius 1 is 1.33 bits per heavy atom. The first-order chi connectivity index (χ1) is 8.74. The maximum atomic E-state index is 3.44. The Labute approximate surface area is 108 Å². The topological polar surface area (TPSA) is 19.0 Å². The monoisotopic (exact) mass is 240 g/mol. The van der Waals surface area contributed by atoms with Gasteiger partial charge in [0.05, 0.1) is 0 Å². The summed E-state index contributed by atoms with van der Waals surface area (Å²) in [4.78, 5) is 6.01. The number of rotatable bonds is 0. The van der Waals surface area contributed by atoms with Gasteiger partial charge in [0, 0.05) is 35.6 Å². The molecule has 2 heterocycles. The normalized spacial score (nSPS) is 31.6. The standard InChI is InChI=1S/C16H20N2/c1-10-6-13-12-4-3-5-14-16(12)11(8-17-14)7-15(13)18(2)9-10/h3-5,8,10,13,15,17H,6-7,9H2,1-2H3/t10-,13-,15+/m0/s1. The van der Waals surface area contributed by atoms with Crippen LogP contribution in [0.2, 0.25) is 0 Å². The van der Waals surface area contributed by atoms with Crippen molar-refractivity contribution in [3.63, 3.8) is 0 Å². The van der Waals surface area contributed by atoms with Gasteiger partial charge in [0.1, 0.15) is 0 Å². The summed E-state index contributed by atoms with van der Waals surface area (Å²) in [6, 6.07) is 7.47. The van der Waals surface area contributed by atoms with Crippen molar-refractivity contribution in [3.8, 4) is 0 Å². The van der Waals surface area contributed by atoms with E-state index in [-0.39, 0.29) is 0 Å². The van der Waals surface area contributed by atoms with Gasteiger partial charge in [0.2, 0.25) is 0 Å². The highest BCUT2D eigenvalue weighted by atomic mass is 15.1. The molecule has 0 bridgehead atoms. The van der Waals surface area contributed by atoms with E-state index in [2.05, 4.69) is 48.3 Å². The molecule has 0 unspecified atom stereocenters. The Balaban J connectivity index is 1.92. The van der Waals surface area contributed by atoms with Gasteiger partial charge in [-0.25, -0.2) is 0 Å². The highest BCUT2D eigenvalue weighted by molar-refractivity contribution is 5.88. The molecule has 2 aromatic rings. The smallest absolute Gasteiger partial charge is 0.0459 e. The molecule has 3 atom stereocenters. The lowest BCUT2D eigenvalue weighted by molar-refractivity contribution is 0.119. The summed E-state index contributed by atoms with van der Waals surface area (Å²) >= 11 is 0. The first-order valence-corrected chi connectivity index (χ1v) is 7.03. The van der Waals surface area contributed by atoms with Crippen LogP contribution in [0.1, 0.15) is 30.4 Å². The average Bonchev–Trinajstić information content (AvgIpc) is 2.76. The number of likely N-dealkylation sites (N-methyl/N-ethyl adjacent to an activating group) is 1. The van der Waals surface area contributed by atoms with Crippen LogP contribution in [-0.4, -0.2) is 29.5 Å². The van der Waals surface area contributed by atoms with Crippen LogP contribution in [0, 0.1) is 5.92 Å². The Morgan fingerprint density at radius 3 is 3.11 bits per heavy atom. The molecular formula is C16H20N2. The Kier molecular flexibility index (Phi) is 2.13. The summed E-state index contributed by atoms with van der Waals surface area (Å²) in [6.07, 6.45) is 4.78. The second kappa shape index (κ2) is 3.61. The lowest BCUT2D eigenvalue weighted by atomic mass is 9.73. The van der Waals surface area contributed by atoms with Gasteiger partial charge in [-0.15, -0.1) is 0 Å². The Bertz CT molecular complexity index is 598. The van der Waals surface area contributed by atoms with Crippen molar-refractivity contribution < 1.29 is 0 Å². The molecule has 2 nitrogen and oxygen atoms in total. The lowest BCUT2D eigenvalue weighted by Crippen LogP contribution is -2.47. The van der Waals surface area contributed by atoms with Gasteiger partial charge < -0.3 is 9.88 Å². The maximum Gasteiger partial charge on any atom is 0.0459 e. The zero-order valence-corrected chi connectivity index (χ0v) is 11.1. The van der Waals surface area contributed by atoms with E-state index in [1.807, 2.05) is 0 Å². The summed E-state index contributed by atoms with van der Waals surface area (Å²) < 4.78 is 0. The van der Waals surface area contributed by atoms with Crippen LogP contribution in [0.25, 0.3) is 10.9 Å². The highest BCUT2D eigenvalue weighted by Crippen LogP contribution is 2.43. The van der Waals surface area contributed by atoms with Gasteiger partial charge in [-0.3, -0.25) is 0 Å². The minimum absolute atomic E-state index is 0.704. The van der Waals surface area contributed by atoms with E-state index in [1.54, 1.807) is 5.56 Å². The van der Waals surface area contributed by atoms with Gasteiger partial charge in [0.15, 0.2) is 0 Å². The first-order valence-electron chi connectivity index (χ1n) is 7.03. The van der Waals surface area contributed by atoms with Crippen LogP contribution in [0.4, 0.5) is 0 Å². The molecule has 18 heavy (non-hydrogen) atoms. The van der Waals surface area contributed by atoms with Crippen molar-refractivity contribution in [2.24, 2.45) is 5.92 Å². The molecule has 1 aliphatic carbocycles. The van der Waals surface area contributed by atoms with E-state index < -0.39 is 0 Å². The van der Waals surface area contributed by atoms with Gasteiger partial charge in [-0.1, -0.05) is 19.1 Å². The molecule has 1 aromatic carbocycles. The number of nitrogens with one attached hydrogen (secondary N) is 1. The minimum Gasteiger partial charge on any atom is -0.361 e. The zero-order valence-electron chi connectivity index (χ0n) is 11.1. The summed E-state index contributed by atoms with van der Waals surface area (Å²) in [6.45, 7) is 3.64. The number of H-pyrrole nitrogens is 1. The maximum absolute atomic E-state index is 3.44. The predicted molar refractivity (Wildman–Crippen MR) is 74.9 cm³/mol. The molecule has 1 N–H and O–H groups in total. The quantitative estimate of drug-likeness (QED) is 0.749. The van der Waals surface area contributed by atoms with E-state index in [9.17, 15) is 0 Å². The molecule has 1 saturated heterocycles. The lowest BCUT2D eigenvalue weighted by Gasteiger charge is -2.44. The van der Waals surface area contributed by atoms with E-state index in [0.717, 1.165) is 11.8 Å². The number of aromatic amines is 1. The first kappa shape index (κ1) is 10.6. The SMILES string of the molecule is C[C@H]1C[C@H]2c3cccc4[nH]cc(c34)C[C@H]2N(C)C1. The second-order valence-electron chi connectivity index (χ2n) is 6.24. The molecule has 2 heteroatoms. The van der Waals surface area contributed by atoms with Gasteiger partial charge in [-0.2, -0.15) is 0 Å². The molecule has 94 valence electrons. The van der Waals surface area contributed by atoms with Gasteiger partial charge >= 0.3 is 0 Å². The molecule has 0 radical (unpaired) electrons. The molecule has 0 saturated carbocycles. The van der Waals surface area contributed by atoms with Crippen molar-refractivity contribution in [2.75, 3.05) is 13.6 Å². The fourth-order valence-corrected chi connectivity index (χ4v) is 4.21. The fourth-order valence-electron chi connectivity index (χ4n) is 4.21. The zero-order chi connectivity index (χ0) is 12.3. The third-order valence-electron chi connectivity index (χ3n) is 4.93. The number of fused-ring (bicyclic) bond motifs is 2. The molecule has 0 amide bonds. The fraction of sp³-hybridized carbons (Fsp3) is 0.500. The summed E-state index contributed by atoms with van der Waals surface area (Å²) in [7, 11) is 2.30. The minimum atomic E-state index is 0.704. The number of hydrogen-bond acceptors (Lipinski definition) is 1. The van der Waals surface area contributed by atoms with Crippen LogP contribution in [-0.2, 0) is 6.42 Å². The number of aromatic nitrogens is 1. The number of piperidine rings is 1. The molecule has 4 rings (SSSR count). The summed E-state index contributed by atoms with van der Waals surface area (Å²) in [5, 5.41) is 1.52. The van der Waals surface area contributed by atoms with Crippen LogP contribution >= 0.6 is 0 Å². The van der Waals surface area contributed by atoms with Crippen LogP contribution in [0.5, 0.6) is 0 Å². The largest absolute Gasteiger partial charge is 0.361 e. The van der Waals surface area contributed by atoms with E-state index in [0.29, 0.717) is 6.04 Å². The molecule has 2 aliphatic rings. The molecule has 1 aliphatic heterocycles. The van der Waals surface area contributed by atoms with Crippen molar-refractivity contribution in [1.82, 2.24) is 9.88 Å². The summed E-state index contributed by atoms with van der Waals surface area (Å²) in [5.74, 6) is 1.54. The third kappa shape index (κ3) is 1.33. The number of likely N-dealkylation sites (tertiary alicyclic amines) is 1. The van der Waals surface area contributed by atoms with Crippen LogP contribution < -0.4 is 0 Å². The molecule has 1 aromatic heterocycles. The van der Waals surface area contributed by atoms with Crippen molar-refractivity contribution >= 4 is 10.9 Å². The van der Waals surface area contributed by atoms with Crippen molar-refractivity contribution in [1.29, 1.82) is 0 Å². The Morgan fingerprint density at radius 2 is 2.22 bits per heavy atom. The van der Waals surface area contributed by atoms with Gasteiger partial charge in [0.25, 0.3) is 0 Å². The molecule has 0 spiro atoms. The average molecular weight is 240 g/mol. The summed E-state index contributed by atoms with van der Waals surface area (Å²) in [5.41, 5.74) is 4.42. The number of benzene rings is 1. The van der Waals surface area contributed by atoms with E-state index >= 15 is 0 Å². The number of nitrogens with zero attached hydrogens (tertiary/aromatic N) is 1. The van der Waals surface area contributed by atoms with E-state index in [4.69, 9.17) is 0 Å². The Hall–Kier alpha value is -1.28. The van der Waals surface area contributed by atoms with Crippen molar-refractivity contribution in [3.05, 3.63) is 35.5 Å². The molecule has 1 fully saturated rings. The predicted octanol–water partition coefficient (Wildman–Crippen LogP) is 3.15. The number of hydrogen-bond donors (Lipinski definition) is 1. The molecular weight excluding hydrogens is 220 g/mol.